The fourth-order valence-electron chi connectivity index (χ4n) is 4.03. The van der Waals surface area contributed by atoms with Crippen molar-refractivity contribution in [1.82, 2.24) is 9.29 Å². The number of hydrogen-bond donors (Lipinski definition) is 0. The zero-order chi connectivity index (χ0) is 25.8. The molecule has 0 aliphatic carbocycles. The van der Waals surface area contributed by atoms with E-state index in [0.29, 0.717) is 21.9 Å². The fourth-order valence-corrected chi connectivity index (χ4v) is 5.84. The molecule has 0 saturated carbocycles. The Balaban J connectivity index is 1.59. The molecule has 0 amide bonds. The monoisotopic (exact) mass is 532 g/mol. The molecule has 1 fully saturated rings. The molecule has 0 N–H and O–H groups in total. The number of aromatic nitrogens is 1. The number of alkyl halides is 1. The minimum atomic E-state index is -4.01. The molecule has 10 heteroatoms. The number of ether oxygens (including phenoxy) is 2. The van der Waals surface area contributed by atoms with Crippen molar-refractivity contribution in [3.63, 3.8) is 0 Å². The van der Waals surface area contributed by atoms with Crippen LogP contribution in [-0.2, 0) is 26.2 Å². The maximum atomic E-state index is 15.0. The first-order valence-corrected chi connectivity index (χ1v) is 13.3. The number of esters is 1. The Morgan fingerprint density at radius 1 is 1.11 bits per heavy atom. The summed E-state index contributed by atoms with van der Waals surface area (Å²) >= 11 is 6.24. The Hall–Kier alpha value is -3.01. The fraction of sp³-hybridized carbons (Fsp3) is 0.308. The van der Waals surface area contributed by atoms with Gasteiger partial charge in [-0.15, -0.1) is 0 Å². The third kappa shape index (κ3) is 5.69. The smallest absolute Gasteiger partial charge is 0.343 e. The average molecular weight is 533 g/mol. The number of piperidine rings is 1. The van der Waals surface area contributed by atoms with Crippen LogP contribution in [0.1, 0.15) is 25.5 Å². The average Bonchev–Trinajstić information content (AvgIpc) is 2.88. The van der Waals surface area contributed by atoms with E-state index in [9.17, 15) is 13.2 Å². The molecule has 0 spiro atoms. The molecule has 1 saturated heterocycles. The molecule has 4 rings (SSSR count). The van der Waals surface area contributed by atoms with Crippen molar-refractivity contribution in [2.24, 2.45) is 0 Å². The number of carbonyl (C=O) groups is 1. The van der Waals surface area contributed by atoms with Gasteiger partial charge in [-0.1, -0.05) is 29.8 Å². The van der Waals surface area contributed by atoms with E-state index in [1.54, 1.807) is 43.5 Å². The minimum absolute atomic E-state index is 0.0382. The van der Waals surface area contributed by atoms with Crippen molar-refractivity contribution in [1.29, 1.82) is 0 Å². The molecule has 36 heavy (non-hydrogen) atoms. The lowest BCUT2D eigenvalue weighted by molar-refractivity contribution is -0.160. The summed E-state index contributed by atoms with van der Waals surface area (Å²) in [5, 5.41) is 0.368. The number of nitrogens with zero attached hydrogens (tertiary/aromatic N) is 2. The van der Waals surface area contributed by atoms with Crippen LogP contribution < -0.4 is 4.74 Å². The molecular formula is C26H26ClFN2O5S. The number of rotatable bonds is 8. The van der Waals surface area contributed by atoms with E-state index in [0.717, 1.165) is 5.69 Å². The second-order valence-electron chi connectivity index (χ2n) is 8.37. The normalized spacial score (nSPS) is 15.9. The van der Waals surface area contributed by atoms with Crippen LogP contribution in [0, 0.1) is 0 Å². The lowest BCUT2D eigenvalue weighted by Crippen LogP contribution is -2.49. The summed E-state index contributed by atoms with van der Waals surface area (Å²) in [7, 11) is -4.01. The van der Waals surface area contributed by atoms with Crippen LogP contribution >= 0.6 is 11.6 Å². The molecule has 0 unspecified atom stereocenters. The van der Waals surface area contributed by atoms with E-state index in [2.05, 4.69) is 4.98 Å². The predicted octanol–water partition coefficient (Wildman–Crippen LogP) is 5.04. The third-order valence-electron chi connectivity index (χ3n) is 5.97. The summed E-state index contributed by atoms with van der Waals surface area (Å²) in [5.74, 6) is -0.409. The summed E-state index contributed by atoms with van der Waals surface area (Å²) in [5.41, 5.74) is -0.443. The van der Waals surface area contributed by atoms with Crippen molar-refractivity contribution < 1.29 is 27.1 Å². The zero-order valence-corrected chi connectivity index (χ0v) is 21.3. The number of pyridine rings is 1. The molecule has 3 aromatic rings. The highest BCUT2D eigenvalue weighted by Gasteiger charge is 2.45. The summed E-state index contributed by atoms with van der Waals surface area (Å²) in [4.78, 5) is 16.3. The Morgan fingerprint density at radius 3 is 2.58 bits per heavy atom. The Morgan fingerprint density at radius 2 is 1.89 bits per heavy atom. The van der Waals surface area contributed by atoms with Gasteiger partial charge in [0.2, 0.25) is 15.7 Å². The highest BCUT2D eigenvalue weighted by Crippen LogP contribution is 2.36. The number of carbonyl (C=O) groups excluding carboxylic acids is 1. The standard InChI is InChI=1S/C26H26ClFN2O5S/c1-2-34-25(31)26(28)11-14-30(15-12-26)36(32,33)24-10-9-20(27)17-23(24)19-6-5-8-22(16-19)35-18-21-7-3-4-13-29-21/h3-10,13,16-17H,2,11-12,14-15,18H2,1H3. The molecule has 1 aromatic heterocycles. The summed E-state index contributed by atoms with van der Waals surface area (Å²) in [6, 6.07) is 17.1. The zero-order valence-electron chi connectivity index (χ0n) is 19.7. The molecule has 0 radical (unpaired) electrons. The van der Waals surface area contributed by atoms with Gasteiger partial charge in [0, 0.05) is 42.7 Å². The van der Waals surface area contributed by atoms with Crippen molar-refractivity contribution in [3.8, 4) is 16.9 Å². The van der Waals surface area contributed by atoms with Gasteiger partial charge in [0.05, 0.1) is 17.2 Å². The summed E-state index contributed by atoms with van der Waals surface area (Å²) < 4.78 is 54.1. The van der Waals surface area contributed by atoms with Crippen LogP contribution in [0.5, 0.6) is 5.75 Å². The van der Waals surface area contributed by atoms with E-state index >= 15 is 4.39 Å². The first-order valence-electron chi connectivity index (χ1n) is 11.5. The molecule has 0 bridgehead atoms. The molecule has 7 nitrogen and oxygen atoms in total. The maximum absolute atomic E-state index is 15.0. The second kappa shape index (κ2) is 10.9. The van der Waals surface area contributed by atoms with Crippen LogP contribution in [0.3, 0.4) is 0 Å². The number of benzene rings is 2. The van der Waals surface area contributed by atoms with Gasteiger partial charge in [0.25, 0.3) is 0 Å². The lowest BCUT2D eigenvalue weighted by atomic mass is 9.95. The highest BCUT2D eigenvalue weighted by atomic mass is 35.5. The Kier molecular flexibility index (Phi) is 7.92. The predicted molar refractivity (Wildman–Crippen MR) is 134 cm³/mol. The Bertz CT molecular complexity index is 1330. The van der Waals surface area contributed by atoms with Gasteiger partial charge in [0.1, 0.15) is 12.4 Å². The van der Waals surface area contributed by atoms with Crippen LogP contribution in [0.2, 0.25) is 5.02 Å². The lowest BCUT2D eigenvalue weighted by Gasteiger charge is -2.34. The number of sulfonamides is 1. The van der Waals surface area contributed by atoms with Crippen molar-refractivity contribution in [2.45, 2.75) is 36.9 Å². The second-order valence-corrected chi connectivity index (χ2v) is 10.7. The quantitative estimate of drug-likeness (QED) is 0.378. The van der Waals surface area contributed by atoms with Crippen molar-refractivity contribution in [2.75, 3.05) is 19.7 Å². The van der Waals surface area contributed by atoms with Crippen LogP contribution in [0.4, 0.5) is 4.39 Å². The van der Waals surface area contributed by atoms with E-state index in [1.165, 1.54) is 16.4 Å². The van der Waals surface area contributed by atoms with Gasteiger partial charge >= 0.3 is 5.97 Å². The first kappa shape index (κ1) is 26.1. The summed E-state index contributed by atoms with van der Waals surface area (Å²) in [6.45, 7) is 1.62. The van der Waals surface area contributed by atoms with Crippen LogP contribution in [-0.4, -0.2) is 49.0 Å². The highest BCUT2D eigenvalue weighted by molar-refractivity contribution is 7.89. The van der Waals surface area contributed by atoms with Crippen LogP contribution in [0.25, 0.3) is 11.1 Å². The molecule has 2 heterocycles. The molecule has 1 aliphatic heterocycles. The van der Waals surface area contributed by atoms with Gasteiger partial charge < -0.3 is 9.47 Å². The SMILES string of the molecule is CCOC(=O)C1(F)CCN(S(=O)(=O)c2ccc(Cl)cc2-c2cccc(OCc3ccccn3)c2)CC1. The van der Waals surface area contributed by atoms with Gasteiger partial charge in [0.15, 0.2) is 0 Å². The van der Waals surface area contributed by atoms with E-state index in [4.69, 9.17) is 21.1 Å². The largest absolute Gasteiger partial charge is 0.487 e. The molecular weight excluding hydrogens is 507 g/mol. The van der Waals surface area contributed by atoms with E-state index in [1.807, 2.05) is 18.2 Å². The Labute approximate surface area is 214 Å². The van der Waals surface area contributed by atoms with Gasteiger partial charge in [-0.3, -0.25) is 4.98 Å². The number of hydrogen-bond acceptors (Lipinski definition) is 6. The maximum Gasteiger partial charge on any atom is 0.343 e. The van der Waals surface area contributed by atoms with Crippen molar-refractivity contribution >= 4 is 27.6 Å². The van der Waals surface area contributed by atoms with Gasteiger partial charge in [-0.05, 0) is 55.0 Å². The minimum Gasteiger partial charge on any atom is -0.487 e. The van der Waals surface area contributed by atoms with E-state index in [-0.39, 0.29) is 44.0 Å². The summed E-state index contributed by atoms with van der Waals surface area (Å²) in [6.07, 6.45) is 1.13. The van der Waals surface area contributed by atoms with Gasteiger partial charge in [-0.25, -0.2) is 17.6 Å². The first-order chi connectivity index (χ1) is 17.2. The van der Waals surface area contributed by atoms with E-state index < -0.39 is 21.7 Å². The molecule has 2 aromatic carbocycles. The number of halogens is 2. The molecule has 190 valence electrons. The third-order valence-corrected chi connectivity index (χ3v) is 8.17. The topological polar surface area (TPSA) is 85.8 Å². The van der Waals surface area contributed by atoms with Crippen molar-refractivity contribution in [3.05, 3.63) is 77.6 Å². The molecule has 0 atom stereocenters. The van der Waals surface area contributed by atoms with Crippen LogP contribution in [0.15, 0.2) is 71.8 Å². The molecule has 1 aliphatic rings. The van der Waals surface area contributed by atoms with Gasteiger partial charge in [-0.2, -0.15) is 4.31 Å².